The van der Waals surface area contributed by atoms with Crippen LogP contribution in [-0.2, 0) is 0 Å². The van der Waals surface area contributed by atoms with Gasteiger partial charge >= 0.3 is 5.97 Å². The Kier molecular flexibility index (Phi) is 3.51. The molecule has 4 nitrogen and oxygen atoms in total. The minimum atomic E-state index is -1.60. The number of hydrogen-bond donors (Lipinski definition) is 3. The molecule has 0 atom stereocenters. The van der Waals surface area contributed by atoms with Gasteiger partial charge in [0.25, 0.3) is 0 Å². The van der Waals surface area contributed by atoms with Crippen LogP contribution in [0.25, 0.3) is 0 Å². The van der Waals surface area contributed by atoms with E-state index in [2.05, 4.69) is 5.32 Å². The molecule has 0 radical (unpaired) electrons. The number of carboxylic acid groups (broad SMARTS) is 1. The number of nitrogens with one attached hydrogen (secondary N) is 1. The van der Waals surface area contributed by atoms with Gasteiger partial charge in [-0.2, -0.15) is 0 Å². The minimum Gasteiger partial charge on any atom is -0.478 e. The van der Waals surface area contributed by atoms with Crippen molar-refractivity contribution in [2.75, 3.05) is 11.1 Å². The molecule has 2 rings (SSSR count). The third-order valence-electron chi connectivity index (χ3n) is 2.60. The van der Waals surface area contributed by atoms with Gasteiger partial charge in [0, 0.05) is 0 Å². The van der Waals surface area contributed by atoms with Crippen LogP contribution < -0.4 is 11.1 Å². The summed E-state index contributed by atoms with van der Waals surface area (Å²) in [6.07, 6.45) is 0. The molecule has 0 bridgehead atoms. The summed E-state index contributed by atoms with van der Waals surface area (Å²) in [4.78, 5) is 10.7. The van der Waals surface area contributed by atoms with Crippen LogP contribution in [0.3, 0.4) is 0 Å². The Morgan fingerprint density at radius 3 is 2.30 bits per heavy atom. The fourth-order valence-electron chi connectivity index (χ4n) is 1.58. The molecule has 7 heteroatoms. The first-order chi connectivity index (χ1) is 9.40. The van der Waals surface area contributed by atoms with Gasteiger partial charge in [-0.05, 0) is 30.3 Å². The topological polar surface area (TPSA) is 75.4 Å². The Hall–Kier alpha value is -2.70. The number of hydrogen-bond acceptors (Lipinski definition) is 3. The molecule has 0 amide bonds. The van der Waals surface area contributed by atoms with Crippen molar-refractivity contribution in [3.63, 3.8) is 0 Å². The first kappa shape index (κ1) is 13.7. The SMILES string of the molecule is Nc1cc(C(=O)O)ccc1Nc1ccc(F)c(F)c1F. The highest BCUT2D eigenvalue weighted by Crippen LogP contribution is 2.27. The van der Waals surface area contributed by atoms with Crippen LogP contribution >= 0.6 is 0 Å². The van der Waals surface area contributed by atoms with E-state index in [9.17, 15) is 18.0 Å². The van der Waals surface area contributed by atoms with E-state index in [1.807, 2.05) is 0 Å². The Labute approximate surface area is 111 Å². The van der Waals surface area contributed by atoms with Crippen LogP contribution in [0.15, 0.2) is 30.3 Å². The highest BCUT2D eigenvalue weighted by Gasteiger charge is 2.14. The molecule has 2 aromatic rings. The molecule has 0 saturated heterocycles. The average molecular weight is 282 g/mol. The van der Waals surface area contributed by atoms with Crippen molar-refractivity contribution in [3.8, 4) is 0 Å². The molecule has 0 aromatic heterocycles. The zero-order valence-corrected chi connectivity index (χ0v) is 9.95. The Balaban J connectivity index is 2.36. The summed E-state index contributed by atoms with van der Waals surface area (Å²) >= 11 is 0. The molecule has 0 unspecified atom stereocenters. The third-order valence-corrected chi connectivity index (χ3v) is 2.60. The maximum absolute atomic E-state index is 13.5. The summed E-state index contributed by atoms with van der Waals surface area (Å²) in [6.45, 7) is 0. The van der Waals surface area contributed by atoms with E-state index in [-0.39, 0.29) is 22.6 Å². The minimum absolute atomic E-state index is 0.0361. The molecule has 0 aliphatic rings. The Morgan fingerprint density at radius 2 is 1.70 bits per heavy atom. The second-order valence-electron chi connectivity index (χ2n) is 3.96. The molecule has 4 N–H and O–H groups in total. The first-order valence-corrected chi connectivity index (χ1v) is 5.43. The van der Waals surface area contributed by atoms with E-state index in [1.54, 1.807) is 0 Å². The summed E-state index contributed by atoms with van der Waals surface area (Å²) in [6, 6.07) is 5.50. The lowest BCUT2D eigenvalue weighted by Gasteiger charge is -2.11. The molecule has 2 aromatic carbocycles. The quantitative estimate of drug-likeness (QED) is 0.597. The standard InChI is InChI=1S/C13H9F3N2O2/c14-7-2-4-10(12(16)11(7)15)18-9-3-1-6(13(19)20)5-8(9)17/h1-5,18H,17H2,(H,19,20). The zero-order valence-electron chi connectivity index (χ0n) is 9.95. The van der Waals surface area contributed by atoms with Crippen LogP contribution in [0.5, 0.6) is 0 Å². The smallest absolute Gasteiger partial charge is 0.335 e. The van der Waals surface area contributed by atoms with Crippen molar-refractivity contribution < 1.29 is 23.1 Å². The van der Waals surface area contributed by atoms with E-state index < -0.39 is 23.4 Å². The molecule has 0 fully saturated rings. The summed E-state index contributed by atoms with van der Waals surface area (Å²) < 4.78 is 39.3. The summed E-state index contributed by atoms with van der Waals surface area (Å²) in [5.74, 6) is -5.45. The zero-order chi connectivity index (χ0) is 14.9. The van der Waals surface area contributed by atoms with Gasteiger partial charge in [-0.1, -0.05) is 0 Å². The van der Waals surface area contributed by atoms with Crippen LogP contribution in [0.4, 0.5) is 30.2 Å². The van der Waals surface area contributed by atoms with Crippen molar-refractivity contribution in [2.24, 2.45) is 0 Å². The Morgan fingerprint density at radius 1 is 1.05 bits per heavy atom. The van der Waals surface area contributed by atoms with Crippen molar-refractivity contribution in [1.29, 1.82) is 0 Å². The van der Waals surface area contributed by atoms with Gasteiger partial charge in [0.1, 0.15) is 0 Å². The van der Waals surface area contributed by atoms with Gasteiger partial charge in [0.2, 0.25) is 0 Å². The number of rotatable bonds is 3. The fourth-order valence-corrected chi connectivity index (χ4v) is 1.58. The maximum atomic E-state index is 13.5. The first-order valence-electron chi connectivity index (χ1n) is 5.43. The van der Waals surface area contributed by atoms with E-state index in [0.29, 0.717) is 0 Å². The normalized spacial score (nSPS) is 10.3. The number of benzene rings is 2. The number of carboxylic acids is 1. The predicted octanol–water partition coefficient (Wildman–Crippen LogP) is 3.13. The molecule has 0 aliphatic heterocycles. The average Bonchev–Trinajstić information content (AvgIpc) is 2.41. The van der Waals surface area contributed by atoms with Crippen molar-refractivity contribution >= 4 is 23.0 Å². The van der Waals surface area contributed by atoms with E-state index >= 15 is 0 Å². The fraction of sp³-hybridized carbons (Fsp3) is 0. The lowest BCUT2D eigenvalue weighted by molar-refractivity contribution is 0.0697. The maximum Gasteiger partial charge on any atom is 0.335 e. The summed E-state index contributed by atoms with van der Waals surface area (Å²) in [5, 5.41) is 11.2. The lowest BCUT2D eigenvalue weighted by Crippen LogP contribution is -2.03. The largest absolute Gasteiger partial charge is 0.478 e. The number of halogens is 3. The molecule has 0 saturated carbocycles. The molecule has 20 heavy (non-hydrogen) atoms. The van der Waals surface area contributed by atoms with Crippen molar-refractivity contribution in [2.45, 2.75) is 0 Å². The molecule has 0 heterocycles. The van der Waals surface area contributed by atoms with Crippen LogP contribution in [0, 0.1) is 17.5 Å². The lowest BCUT2D eigenvalue weighted by atomic mass is 10.1. The summed E-state index contributed by atoms with van der Waals surface area (Å²) in [5.41, 5.74) is 5.48. The van der Waals surface area contributed by atoms with E-state index in [0.717, 1.165) is 12.1 Å². The third kappa shape index (κ3) is 2.51. The van der Waals surface area contributed by atoms with Gasteiger partial charge < -0.3 is 16.2 Å². The van der Waals surface area contributed by atoms with Gasteiger partial charge in [0.05, 0.1) is 22.6 Å². The van der Waals surface area contributed by atoms with Crippen LogP contribution in [0.2, 0.25) is 0 Å². The molecule has 0 aliphatic carbocycles. The second kappa shape index (κ2) is 5.12. The number of anilines is 3. The number of nitrogen functional groups attached to an aromatic ring is 1. The van der Waals surface area contributed by atoms with Crippen molar-refractivity contribution in [3.05, 3.63) is 53.3 Å². The van der Waals surface area contributed by atoms with E-state index in [4.69, 9.17) is 10.8 Å². The summed E-state index contributed by atoms with van der Waals surface area (Å²) in [7, 11) is 0. The second-order valence-corrected chi connectivity index (χ2v) is 3.96. The van der Waals surface area contributed by atoms with E-state index in [1.165, 1.54) is 18.2 Å². The number of carbonyl (C=O) groups is 1. The van der Waals surface area contributed by atoms with Gasteiger partial charge in [-0.15, -0.1) is 0 Å². The van der Waals surface area contributed by atoms with Crippen LogP contribution in [-0.4, -0.2) is 11.1 Å². The molecular formula is C13H9F3N2O2. The highest BCUT2D eigenvalue weighted by molar-refractivity contribution is 5.90. The molecule has 0 spiro atoms. The molecule has 104 valence electrons. The van der Waals surface area contributed by atoms with Crippen LogP contribution in [0.1, 0.15) is 10.4 Å². The highest BCUT2D eigenvalue weighted by atomic mass is 19.2. The Bertz CT molecular complexity index is 690. The predicted molar refractivity (Wildman–Crippen MR) is 67.4 cm³/mol. The van der Waals surface area contributed by atoms with Crippen molar-refractivity contribution in [1.82, 2.24) is 0 Å². The number of aromatic carboxylic acids is 1. The van der Waals surface area contributed by atoms with Gasteiger partial charge in [0.15, 0.2) is 17.5 Å². The monoisotopic (exact) mass is 282 g/mol. The number of nitrogens with two attached hydrogens (primary N) is 1. The molecular weight excluding hydrogens is 273 g/mol. The van der Waals surface area contributed by atoms with Gasteiger partial charge in [-0.25, -0.2) is 18.0 Å². The van der Waals surface area contributed by atoms with Gasteiger partial charge in [-0.3, -0.25) is 0 Å².